The van der Waals surface area contributed by atoms with Crippen LogP contribution in [0.3, 0.4) is 0 Å². The summed E-state index contributed by atoms with van der Waals surface area (Å²) in [7, 11) is -3.92. The van der Waals surface area contributed by atoms with Crippen LogP contribution in [0.15, 0.2) is 89.8 Å². The van der Waals surface area contributed by atoms with Crippen LogP contribution in [0.2, 0.25) is 0 Å². The molecule has 0 atom stereocenters. The Bertz CT molecular complexity index is 1190. The first-order valence-electron chi connectivity index (χ1n) is 11.5. The molecule has 1 saturated heterocycles. The van der Waals surface area contributed by atoms with Crippen LogP contribution in [0, 0.1) is 6.92 Å². The number of para-hydroxylation sites is 1. The average Bonchev–Trinajstić information content (AvgIpc) is 2.88. The molecule has 4 rings (SSSR count). The van der Waals surface area contributed by atoms with E-state index in [0.29, 0.717) is 25.4 Å². The fourth-order valence-electron chi connectivity index (χ4n) is 4.32. The summed E-state index contributed by atoms with van der Waals surface area (Å²) in [5.41, 5.74) is 2.33. The van der Waals surface area contributed by atoms with Crippen LogP contribution >= 0.6 is 0 Å². The normalized spacial score (nSPS) is 15.4. The molecule has 0 aromatic heterocycles. The summed E-state index contributed by atoms with van der Waals surface area (Å²) in [6, 6.07) is 25.5. The molecular weight excluding hydrogens is 448 g/mol. The molecule has 7 heteroatoms. The van der Waals surface area contributed by atoms with Gasteiger partial charge in [-0.15, -0.1) is 0 Å². The summed E-state index contributed by atoms with van der Waals surface area (Å²) in [6.45, 7) is 3.27. The second kappa shape index (κ2) is 10.4. The van der Waals surface area contributed by atoms with Crippen LogP contribution in [-0.2, 0) is 25.0 Å². The molecule has 178 valence electrons. The molecule has 1 N–H and O–H groups in total. The summed E-state index contributed by atoms with van der Waals surface area (Å²) >= 11 is 0. The number of hydrogen-bond donors (Lipinski definition) is 1. The number of carbonyl (C=O) groups is 1. The van der Waals surface area contributed by atoms with Crippen molar-refractivity contribution in [3.05, 3.63) is 96.1 Å². The minimum Gasteiger partial charge on any atom is -0.381 e. The number of aryl methyl sites for hydroxylation is 1. The fraction of sp³-hybridized carbons (Fsp3) is 0.296. The van der Waals surface area contributed by atoms with Gasteiger partial charge in [-0.1, -0.05) is 66.2 Å². The zero-order valence-corrected chi connectivity index (χ0v) is 20.1. The van der Waals surface area contributed by atoms with Gasteiger partial charge in [-0.25, -0.2) is 8.42 Å². The maximum absolute atomic E-state index is 13.5. The van der Waals surface area contributed by atoms with Gasteiger partial charge in [0.2, 0.25) is 5.91 Å². The minimum atomic E-state index is -3.92. The summed E-state index contributed by atoms with van der Waals surface area (Å²) in [5, 5.41) is 3.02. The predicted molar refractivity (Wildman–Crippen MR) is 133 cm³/mol. The standard InChI is InChI=1S/C27H30N2O4S/c1-22-12-14-25(15-13-22)34(31,32)29(24-10-6-3-7-11-24)20-26(30)28-21-27(16-18-33-19-17-27)23-8-4-2-5-9-23/h2-15H,16-21H2,1H3,(H,28,30). The zero-order chi connectivity index (χ0) is 24.0. The van der Waals surface area contributed by atoms with Gasteiger partial charge in [0.25, 0.3) is 10.0 Å². The molecule has 0 unspecified atom stereocenters. The van der Waals surface area contributed by atoms with E-state index in [2.05, 4.69) is 17.4 Å². The Labute approximate surface area is 201 Å². The minimum absolute atomic E-state index is 0.153. The Hall–Kier alpha value is -3.16. The molecule has 1 amide bonds. The zero-order valence-electron chi connectivity index (χ0n) is 19.3. The smallest absolute Gasteiger partial charge is 0.264 e. The first-order chi connectivity index (χ1) is 16.4. The van der Waals surface area contributed by atoms with Crippen LogP contribution < -0.4 is 9.62 Å². The van der Waals surface area contributed by atoms with E-state index in [1.54, 1.807) is 48.5 Å². The van der Waals surface area contributed by atoms with Crippen molar-refractivity contribution in [2.75, 3.05) is 30.6 Å². The molecule has 0 spiro atoms. The van der Waals surface area contributed by atoms with E-state index in [9.17, 15) is 13.2 Å². The molecule has 3 aromatic rings. The van der Waals surface area contributed by atoms with Crippen LogP contribution in [0.25, 0.3) is 0 Å². The molecular formula is C27H30N2O4S. The van der Waals surface area contributed by atoms with Gasteiger partial charge in [-0.05, 0) is 49.6 Å². The quantitative estimate of drug-likeness (QED) is 0.530. The van der Waals surface area contributed by atoms with Crippen LogP contribution in [0.1, 0.15) is 24.0 Å². The first-order valence-corrected chi connectivity index (χ1v) is 12.9. The second-order valence-electron chi connectivity index (χ2n) is 8.70. The van der Waals surface area contributed by atoms with E-state index in [0.717, 1.165) is 24.0 Å². The van der Waals surface area contributed by atoms with E-state index in [-0.39, 0.29) is 22.8 Å². The number of hydrogen-bond acceptors (Lipinski definition) is 4. The molecule has 1 fully saturated rings. The summed E-state index contributed by atoms with van der Waals surface area (Å²) in [5.74, 6) is -0.346. The number of amides is 1. The van der Waals surface area contributed by atoms with Crippen molar-refractivity contribution in [1.29, 1.82) is 0 Å². The molecule has 0 saturated carbocycles. The number of benzene rings is 3. The summed E-state index contributed by atoms with van der Waals surface area (Å²) in [4.78, 5) is 13.3. The van der Waals surface area contributed by atoms with Crippen molar-refractivity contribution in [3.8, 4) is 0 Å². The largest absolute Gasteiger partial charge is 0.381 e. The number of nitrogens with one attached hydrogen (secondary N) is 1. The van der Waals surface area contributed by atoms with Crippen LogP contribution in [-0.4, -0.2) is 40.6 Å². The lowest BCUT2D eigenvalue weighted by Gasteiger charge is -2.38. The second-order valence-corrected chi connectivity index (χ2v) is 10.6. The molecule has 1 aliphatic rings. The van der Waals surface area contributed by atoms with E-state index in [1.807, 2.05) is 31.2 Å². The number of carbonyl (C=O) groups excluding carboxylic acids is 1. The highest BCUT2D eigenvalue weighted by Gasteiger charge is 2.35. The van der Waals surface area contributed by atoms with Gasteiger partial charge in [0.05, 0.1) is 10.6 Å². The number of sulfonamides is 1. The third-order valence-electron chi connectivity index (χ3n) is 6.40. The number of nitrogens with zero attached hydrogens (tertiary/aromatic N) is 1. The van der Waals surface area contributed by atoms with E-state index < -0.39 is 10.0 Å². The van der Waals surface area contributed by atoms with Gasteiger partial charge >= 0.3 is 0 Å². The lowest BCUT2D eigenvalue weighted by atomic mass is 9.74. The Kier molecular flexibility index (Phi) is 7.34. The van der Waals surface area contributed by atoms with Gasteiger partial charge in [-0.2, -0.15) is 0 Å². The first kappa shape index (κ1) is 24.0. The number of ether oxygens (including phenoxy) is 1. The Balaban J connectivity index is 1.56. The Morgan fingerprint density at radius 1 is 0.912 bits per heavy atom. The third-order valence-corrected chi connectivity index (χ3v) is 8.19. The lowest BCUT2D eigenvalue weighted by molar-refractivity contribution is -0.120. The maximum atomic E-state index is 13.5. The molecule has 6 nitrogen and oxygen atoms in total. The van der Waals surface area contributed by atoms with Crippen LogP contribution in [0.5, 0.6) is 0 Å². The maximum Gasteiger partial charge on any atom is 0.264 e. The van der Waals surface area contributed by atoms with E-state index in [1.165, 1.54) is 4.31 Å². The Morgan fingerprint density at radius 3 is 2.12 bits per heavy atom. The van der Waals surface area contributed by atoms with Crippen molar-refractivity contribution >= 4 is 21.6 Å². The molecule has 34 heavy (non-hydrogen) atoms. The molecule has 1 aliphatic heterocycles. The Morgan fingerprint density at radius 2 is 1.50 bits per heavy atom. The molecule has 0 bridgehead atoms. The summed E-state index contributed by atoms with van der Waals surface area (Å²) < 4.78 is 33.7. The van der Waals surface area contributed by atoms with Crippen molar-refractivity contribution in [3.63, 3.8) is 0 Å². The number of anilines is 1. The van der Waals surface area contributed by atoms with Gasteiger partial charge in [-0.3, -0.25) is 9.10 Å². The highest BCUT2D eigenvalue weighted by Crippen LogP contribution is 2.34. The topological polar surface area (TPSA) is 75.7 Å². The number of rotatable bonds is 8. The fourth-order valence-corrected chi connectivity index (χ4v) is 5.74. The predicted octanol–water partition coefficient (Wildman–Crippen LogP) is 4.05. The SMILES string of the molecule is Cc1ccc(S(=O)(=O)N(CC(=O)NCC2(c3ccccc3)CCOCC2)c2ccccc2)cc1. The van der Waals surface area contributed by atoms with Gasteiger partial charge < -0.3 is 10.1 Å². The molecule has 1 heterocycles. The van der Waals surface area contributed by atoms with Crippen molar-refractivity contribution in [2.45, 2.75) is 30.1 Å². The van der Waals surface area contributed by atoms with Crippen molar-refractivity contribution < 1.29 is 17.9 Å². The van der Waals surface area contributed by atoms with Gasteiger partial charge in [0.1, 0.15) is 6.54 Å². The monoisotopic (exact) mass is 478 g/mol. The molecule has 3 aromatic carbocycles. The van der Waals surface area contributed by atoms with Gasteiger partial charge in [0.15, 0.2) is 0 Å². The van der Waals surface area contributed by atoms with Crippen molar-refractivity contribution in [2.24, 2.45) is 0 Å². The van der Waals surface area contributed by atoms with Crippen LogP contribution in [0.4, 0.5) is 5.69 Å². The van der Waals surface area contributed by atoms with Gasteiger partial charge in [0, 0.05) is 25.2 Å². The van der Waals surface area contributed by atoms with E-state index in [4.69, 9.17) is 4.74 Å². The third kappa shape index (κ3) is 5.32. The highest BCUT2D eigenvalue weighted by molar-refractivity contribution is 7.92. The van der Waals surface area contributed by atoms with Crippen molar-refractivity contribution in [1.82, 2.24) is 5.32 Å². The highest BCUT2D eigenvalue weighted by atomic mass is 32.2. The summed E-state index contributed by atoms with van der Waals surface area (Å²) in [6.07, 6.45) is 1.59. The molecule has 0 aliphatic carbocycles. The van der Waals surface area contributed by atoms with E-state index >= 15 is 0 Å². The lowest BCUT2D eigenvalue weighted by Crippen LogP contribution is -2.48. The molecule has 0 radical (unpaired) electrons. The average molecular weight is 479 g/mol.